The number of aliphatic hydroxyl groups excluding tert-OH is 1. The van der Waals surface area contributed by atoms with Gasteiger partial charge in [-0.05, 0) is 79.8 Å². The summed E-state index contributed by atoms with van der Waals surface area (Å²) in [6, 6.07) is -0.493. The minimum absolute atomic E-state index is 0.0187. The maximum Gasteiger partial charge on any atom is 0.387 e. The highest BCUT2D eigenvalue weighted by molar-refractivity contribution is 8.44. The van der Waals surface area contributed by atoms with Gasteiger partial charge >= 0.3 is 40.4 Å². The van der Waals surface area contributed by atoms with Crippen LogP contribution < -0.4 is 22.2 Å². The molecule has 11 aromatic rings. The molecule has 11 N–H and O–H groups in total. The first-order valence-corrected chi connectivity index (χ1v) is 50.9. The number of H-pyrrole nitrogens is 2. The summed E-state index contributed by atoms with van der Waals surface area (Å²) in [6.07, 6.45) is -6.58. The second kappa shape index (κ2) is 34.9. The first-order valence-electron chi connectivity index (χ1n) is 35.3. The lowest BCUT2D eigenvalue weighted by Crippen LogP contribution is -2.35. The highest BCUT2D eigenvalue weighted by Crippen LogP contribution is 2.59. The lowest BCUT2D eigenvalue weighted by Gasteiger charge is -2.26. The van der Waals surface area contributed by atoms with Crippen molar-refractivity contribution in [3.63, 3.8) is 0 Å². The normalized spacial score (nSPS) is 33.0. The van der Waals surface area contributed by atoms with Gasteiger partial charge in [0, 0.05) is 13.1 Å². The second-order valence-corrected chi connectivity index (χ2v) is 43.8. The van der Waals surface area contributed by atoms with E-state index in [0.717, 1.165) is 4.68 Å². The molecule has 648 valence electrons. The predicted molar refractivity (Wildman–Crippen MR) is 431 cm³/mol. The van der Waals surface area contributed by atoms with E-state index in [1.807, 2.05) is 0 Å². The molecular formula is C57H66F2N26O24P6S6. The molecule has 7 aliphatic heterocycles. The fraction of sp³-hybridized carbons (Fsp3) is 0.474. The molecule has 19 atom stereocenters. The second-order valence-electron chi connectivity index (χ2n) is 26.8. The number of nitrogens with zero attached hydrogens (tertiary/aromatic N) is 22. The van der Waals surface area contributed by atoms with Crippen LogP contribution in [0.5, 0.6) is 0 Å². The highest BCUT2D eigenvalue weighted by Gasteiger charge is 2.54. The zero-order chi connectivity index (χ0) is 85.6. The van der Waals surface area contributed by atoms with E-state index < -0.39 is 151 Å². The number of thiol groups is 1. The third-order valence-corrected chi connectivity index (χ3v) is 28.2. The van der Waals surface area contributed by atoms with E-state index in [4.69, 9.17) is 133 Å². The molecule has 6 bridgehead atoms. The predicted octanol–water partition coefficient (Wildman–Crippen LogP) is 2.43. The van der Waals surface area contributed by atoms with Crippen LogP contribution in [-0.4, -0.2) is 243 Å². The van der Waals surface area contributed by atoms with Gasteiger partial charge < -0.3 is 115 Å². The molecule has 0 aliphatic carbocycles. The molecule has 0 radical (unpaired) electrons. The molecule has 0 aromatic carbocycles. The molecule has 64 heteroatoms. The minimum Gasteiger partial charge on any atom is -0.387 e. The average molecular weight is 1920 g/mol. The van der Waals surface area contributed by atoms with Crippen LogP contribution in [0.4, 0.5) is 14.6 Å². The van der Waals surface area contributed by atoms with E-state index in [1.165, 1.54) is 66.3 Å². The Kier molecular flexibility index (Phi) is 25.4. The number of rotatable bonds is 3. The Bertz CT molecular complexity index is 6080. The molecule has 0 saturated carbocycles. The molecule has 18 heterocycles. The number of halogens is 2. The van der Waals surface area contributed by atoms with Crippen LogP contribution in [0.2, 0.25) is 0 Å². The Morgan fingerprint density at radius 2 is 1.04 bits per heavy atom. The number of hydrogen-bond acceptors (Lipinski definition) is 42. The summed E-state index contributed by atoms with van der Waals surface area (Å²) in [7, 11) is 0. The smallest absolute Gasteiger partial charge is 0.387 e. The number of nitrogens with one attached hydrogen (secondary N) is 3. The lowest BCUT2D eigenvalue weighted by atomic mass is 10.1. The van der Waals surface area contributed by atoms with E-state index in [-0.39, 0.29) is 104 Å². The van der Waals surface area contributed by atoms with Gasteiger partial charge in [-0.1, -0.05) is 24.0 Å². The number of aromatic nitrogens is 23. The van der Waals surface area contributed by atoms with Gasteiger partial charge in [-0.2, -0.15) is 9.67 Å². The first kappa shape index (κ1) is 87.8. The minimum atomic E-state index is -4.27. The Labute approximate surface area is 706 Å². The van der Waals surface area contributed by atoms with Gasteiger partial charge in [0.25, 0.3) is 11.1 Å². The van der Waals surface area contributed by atoms with E-state index in [0.29, 0.717) is 56.5 Å². The van der Waals surface area contributed by atoms with Crippen molar-refractivity contribution in [2.24, 2.45) is 10.7 Å². The summed E-state index contributed by atoms with van der Waals surface area (Å²) in [5.74, 6) is 1.62. The third-order valence-electron chi connectivity index (χ3n) is 18.7. The number of fused-ring (bicyclic) bond motifs is 18. The average Bonchev–Trinajstić information content (AvgIpc) is 1.61. The monoisotopic (exact) mass is 1910 g/mol. The van der Waals surface area contributed by atoms with E-state index in [2.05, 4.69) is 114 Å². The number of hydrogen-bond donors (Lipinski definition) is 11. The number of ether oxygens (including phenoxy) is 3. The van der Waals surface area contributed by atoms with Gasteiger partial charge in [-0.3, -0.25) is 36.8 Å². The van der Waals surface area contributed by atoms with Crippen molar-refractivity contribution in [2.75, 3.05) is 39.6 Å². The zero-order valence-electron chi connectivity index (χ0n) is 62.0. The van der Waals surface area contributed by atoms with Crippen LogP contribution in [-0.2, 0) is 165 Å². The number of alkyl halides is 2. The van der Waals surface area contributed by atoms with Gasteiger partial charge in [-0.25, -0.2) is 78.1 Å². The van der Waals surface area contributed by atoms with Crippen molar-refractivity contribution >= 4 is 185 Å². The van der Waals surface area contributed by atoms with Crippen molar-refractivity contribution in [3.05, 3.63) is 112 Å². The van der Waals surface area contributed by atoms with E-state index in [1.54, 1.807) is 27.5 Å². The van der Waals surface area contributed by atoms with Crippen molar-refractivity contribution in [1.82, 2.24) is 118 Å². The van der Waals surface area contributed by atoms with E-state index >= 15 is 8.78 Å². The summed E-state index contributed by atoms with van der Waals surface area (Å²) in [5.41, 5.74) is 8.07. The SMILES string of the molecule is C=C1NC(N)=Nc2c1ncn2[C@@H]1O[C@@H]2COP(O)(=S)OC[C@H](C)n3c(nc4cncnc43)COP(=O)(S)O[C@@H]1[C@@H]2F.Cc1nc2c(ncn2[C@@H]2O[C@@H]3COP(O)(=S)OCCn4c(nc5cncnc54)COP(O)(=S)O[C@@H]2[C@@H]3O)c(=O)[nH]1.Cc1nc2c(nnn2[C@@H]2O[C@@H]3COP(O)(=S)OCCn4c(nc5cncnc54)COP(O)(=S)O[C@@H]2[C@@H]3F)c(=O)[nH]1. The fourth-order valence-electron chi connectivity index (χ4n) is 13.4. The summed E-state index contributed by atoms with van der Waals surface area (Å²) in [6.45, 7) is -17.8. The molecule has 3 fully saturated rings. The lowest BCUT2D eigenvalue weighted by molar-refractivity contribution is -0.0532. The van der Waals surface area contributed by atoms with Crippen LogP contribution in [0, 0.1) is 13.8 Å². The molecule has 6 unspecified atom stereocenters. The third kappa shape index (κ3) is 18.9. The van der Waals surface area contributed by atoms with Gasteiger partial charge in [-0.15, -0.1) is 5.10 Å². The summed E-state index contributed by atoms with van der Waals surface area (Å²) >= 11 is 30.0. The zero-order valence-corrected chi connectivity index (χ0v) is 72.3. The van der Waals surface area contributed by atoms with Crippen LogP contribution >= 0.6 is 52.6 Å². The van der Waals surface area contributed by atoms with Gasteiger partial charge in [0.05, 0.1) is 82.6 Å². The number of aliphatic imine (C=N–C) groups is 1. The Morgan fingerprint density at radius 3 is 1.64 bits per heavy atom. The van der Waals surface area contributed by atoms with Crippen molar-refractivity contribution in [3.8, 4) is 0 Å². The van der Waals surface area contributed by atoms with Gasteiger partial charge in [0.1, 0.15) is 133 Å². The number of imidazole rings is 5. The molecule has 0 amide bonds. The molecule has 0 spiro atoms. The van der Waals surface area contributed by atoms with Crippen LogP contribution in [0.15, 0.2) is 71.4 Å². The Morgan fingerprint density at radius 1 is 0.562 bits per heavy atom. The number of guanidine groups is 1. The molecule has 50 nitrogen and oxygen atoms in total. The number of nitrogens with two attached hydrogens (primary N) is 1. The van der Waals surface area contributed by atoms with Crippen molar-refractivity contribution in [2.45, 2.75) is 133 Å². The largest absolute Gasteiger partial charge is 0.387 e. The van der Waals surface area contributed by atoms with E-state index in [9.17, 15) is 43.7 Å². The maximum atomic E-state index is 15.9. The number of aryl methyl sites for hydroxylation is 2. The van der Waals surface area contributed by atoms with Crippen LogP contribution in [0.25, 0.3) is 61.5 Å². The van der Waals surface area contributed by atoms with Crippen LogP contribution in [0.3, 0.4) is 0 Å². The maximum absolute atomic E-state index is 15.9. The molecule has 3 saturated heterocycles. The fourth-order valence-corrected chi connectivity index (χ4v) is 20.9. The van der Waals surface area contributed by atoms with Gasteiger partial charge in [0.15, 0.2) is 82.1 Å². The standard InChI is InChI=1S/C20H24FN9O7P2S2.C19H22N8O9P2S2.C18H20FN9O8P2S2/c1-9-4-33-38(31,40)34-5-12-14(21)16(19(36-12)29-8-25-15-10(2)26-20(22)28-18(15)29)37-39(32,41)35-6-13-27-11-3-23-7-24-17(11)30(9)13;1-9-23-17-13(18(29)24-9)22-8-27(17)19-15-14(28)11(35-19)5-33-37(30,39)32-3-2-26-12(6-34-38(31,40)36-15)25-10-4-20-7-21-16(10)26;1-8-22-16-13(17(29)23-8)25-26-28(16)18-14-12(19)10(35-18)5-33-37(30,39)32-3-2-27-11(6-34-38(31,40)36-14)24-9-4-20-7-21-15(9)27/h3,7-9,12,14,16,19H,2,4-6H2,1H3,(H,31,40)(H,32,41)(H3,22,26,28);4,7-8,11,14-15,19,28H,2-3,5-6H2,1H3,(H,30,39)(H,31,40)(H,23,24,29);4,7,10,12,14,18H,2-3,5-6H2,1H3,(H,30,39)(H,31,40)(H,22,23,29)/t9-,12+,14+,16+,19+,38?,39?;11-,14-,15-,19-,37?,38?;10-,12-,14-,18-,37?,38?/m011/s1. The summed E-state index contributed by atoms with van der Waals surface area (Å²) < 4.78 is 138. The summed E-state index contributed by atoms with van der Waals surface area (Å²) in [4.78, 5) is 143. The Hall–Kier alpha value is -6.65. The molecule has 121 heavy (non-hydrogen) atoms. The Balaban J connectivity index is 0.000000135. The molecule has 7 aliphatic rings. The molecular weight excluding hydrogens is 1850 g/mol. The van der Waals surface area contributed by atoms with Crippen molar-refractivity contribution < 1.29 is 111 Å². The van der Waals surface area contributed by atoms with Gasteiger partial charge in [0.2, 0.25) is 0 Å². The summed E-state index contributed by atoms with van der Waals surface area (Å²) in [5, 5.41) is 21.6. The number of aliphatic hydroxyl groups is 1. The highest BCUT2D eigenvalue weighted by atomic mass is 32.7. The van der Waals surface area contributed by atoms with Crippen molar-refractivity contribution in [1.29, 1.82) is 0 Å². The first-order chi connectivity index (χ1) is 57.4. The molecule has 18 rings (SSSR count). The number of aromatic amines is 2. The topological polar surface area (TPSA) is 616 Å². The molecule has 11 aromatic heterocycles. The quantitative estimate of drug-likeness (QED) is 0.0893. The van der Waals surface area contributed by atoms with Crippen LogP contribution in [0.1, 0.15) is 66.5 Å².